The number of benzene rings is 6. The van der Waals surface area contributed by atoms with Gasteiger partial charge in [-0.1, -0.05) is 117 Å². The zero-order chi connectivity index (χ0) is 37.5. The van der Waals surface area contributed by atoms with Gasteiger partial charge in [0.25, 0.3) is 0 Å². The van der Waals surface area contributed by atoms with Gasteiger partial charge in [0.1, 0.15) is 0 Å². The molecule has 55 heavy (non-hydrogen) atoms. The molecule has 1 aliphatic rings. The Morgan fingerprint density at radius 3 is 1.71 bits per heavy atom. The van der Waals surface area contributed by atoms with Gasteiger partial charge in [0.2, 0.25) is 0 Å². The van der Waals surface area contributed by atoms with Crippen LogP contribution in [0.15, 0.2) is 158 Å². The highest BCUT2D eigenvalue weighted by molar-refractivity contribution is 5.93. The highest BCUT2D eigenvalue weighted by Crippen LogP contribution is 2.53. The Balaban J connectivity index is 1.21. The van der Waals surface area contributed by atoms with Crippen LogP contribution in [0.25, 0.3) is 83.5 Å². The summed E-state index contributed by atoms with van der Waals surface area (Å²) in [6.07, 6.45) is 3.64. The molecular formula is C49H32N6. The summed E-state index contributed by atoms with van der Waals surface area (Å²) in [7, 11) is 0. The first-order chi connectivity index (χ1) is 26.9. The summed E-state index contributed by atoms with van der Waals surface area (Å²) >= 11 is 0. The van der Waals surface area contributed by atoms with Crippen molar-refractivity contribution in [2.75, 3.05) is 0 Å². The van der Waals surface area contributed by atoms with E-state index in [4.69, 9.17) is 21.5 Å². The number of pyridine rings is 1. The van der Waals surface area contributed by atoms with Crippen LogP contribution in [0.3, 0.4) is 0 Å². The van der Waals surface area contributed by atoms with Gasteiger partial charge in [0.15, 0.2) is 23.2 Å². The highest BCUT2D eigenvalue weighted by atomic mass is 15.0. The Morgan fingerprint density at radius 1 is 0.527 bits per heavy atom. The lowest BCUT2D eigenvalue weighted by atomic mass is 9.81. The van der Waals surface area contributed by atoms with Gasteiger partial charge in [-0.05, 0) is 92.5 Å². The molecule has 0 radical (unpaired) electrons. The molecule has 2 aromatic heterocycles. The number of hydrogen-bond acceptors (Lipinski definition) is 5. The van der Waals surface area contributed by atoms with Crippen molar-refractivity contribution in [3.05, 3.63) is 186 Å². The molecule has 6 aromatic carbocycles. The highest BCUT2D eigenvalue weighted by Gasteiger charge is 2.37. The van der Waals surface area contributed by atoms with Gasteiger partial charge in [-0.15, -0.1) is 0 Å². The molecule has 6 nitrogen and oxygen atoms in total. The normalized spacial score (nSPS) is 12.3. The van der Waals surface area contributed by atoms with Gasteiger partial charge in [0.05, 0.1) is 12.6 Å². The smallest absolute Gasteiger partial charge is 0.196 e. The van der Waals surface area contributed by atoms with E-state index < -0.39 is 5.41 Å². The topological polar surface area (TPSA) is 79.7 Å². The molecule has 0 amide bonds. The van der Waals surface area contributed by atoms with Gasteiger partial charge in [-0.2, -0.15) is 5.26 Å². The van der Waals surface area contributed by atoms with Crippen LogP contribution in [0.4, 0.5) is 5.69 Å². The number of rotatable bonds is 6. The first-order valence-electron chi connectivity index (χ1n) is 18.0. The monoisotopic (exact) mass is 704 g/mol. The van der Waals surface area contributed by atoms with Crippen molar-refractivity contribution in [2.24, 2.45) is 0 Å². The molecular weight excluding hydrogens is 673 g/mol. The fraction of sp³-hybridized carbons (Fsp3) is 0.0612. The number of hydrogen-bond donors (Lipinski definition) is 0. The third kappa shape index (κ3) is 6.03. The average molecular weight is 705 g/mol. The van der Waals surface area contributed by atoms with Gasteiger partial charge >= 0.3 is 0 Å². The van der Waals surface area contributed by atoms with Crippen LogP contribution in [-0.4, -0.2) is 19.9 Å². The SMILES string of the molecule is [C-]#[N+]c1cc(C#N)cc2c1-c1ccc(-c3cc(-c4cccnc4)cc(-c4nc(-c5ccccc5)nc(-c5ccc(-c6ccccc6)cc5)n4)c3)cc1C2(C)C. The maximum atomic E-state index is 9.75. The number of aromatic nitrogens is 4. The van der Waals surface area contributed by atoms with E-state index in [0.717, 1.165) is 72.3 Å². The van der Waals surface area contributed by atoms with Crippen LogP contribution in [0.2, 0.25) is 0 Å². The molecule has 0 saturated carbocycles. The first-order valence-corrected chi connectivity index (χ1v) is 18.0. The Labute approximate surface area is 320 Å². The van der Waals surface area contributed by atoms with E-state index in [0.29, 0.717) is 28.7 Å². The maximum Gasteiger partial charge on any atom is 0.196 e. The van der Waals surface area contributed by atoms with Crippen LogP contribution >= 0.6 is 0 Å². The van der Waals surface area contributed by atoms with Crippen molar-refractivity contribution in [3.8, 4) is 84.7 Å². The third-order valence-corrected chi connectivity index (χ3v) is 10.4. The quantitative estimate of drug-likeness (QED) is 0.161. The summed E-state index contributed by atoms with van der Waals surface area (Å²) in [6, 6.07) is 51.4. The second-order valence-electron chi connectivity index (χ2n) is 14.2. The van der Waals surface area contributed by atoms with Crippen LogP contribution < -0.4 is 0 Å². The fourth-order valence-electron chi connectivity index (χ4n) is 7.58. The minimum absolute atomic E-state index is 0.416. The summed E-state index contributed by atoms with van der Waals surface area (Å²) < 4.78 is 0. The lowest BCUT2D eigenvalue weighted by Crippen LogP contribution is -2.15. The van der Waals surface area contributed by atoms with Crippen molar-refractivity contribution in [2.45, 2.75) is 19.3 Å². The summed E-state index contributed by atoms with van der Waals surface area (Å²) in [5, 5.41) is 9.75. The molecule has 0 aliphatic heterocycles. The molecule has 0 N–H and O–H groups in total. The lowest BCUT2D eigenvalue weighted by molar-refractivity contribution is 0.660. The van der Waals surface area contributed by atoms with E-state index in [1.165, 1.54) is 0 Å². The second-order valence-corrected chi connectivity index (χ2v) is 14.2. The van der Waals surface area contributed by atoms with E-state index in [1.807, 2.05) is 66.9 Å². The Hall–Kier alpha value is -7.54. The molecule has 258 valence electrons. The van der Waals surface area contributed by atoms with Crippen LogP contribution in [0.5, 0.6) is 0 Å². The molecule has 0 bridgehead atoms. The molecule has 8 aromatic rings. The molecule has 0 atom stereocenters. The van der Waals surface area contributed by atoms with Crippen molar-refractivity contribution in [3.63, 3.8) is 0 Å². The van der Waals surface area contributed by atoms with Gasteiger partial charge in [-0.25, -0.2) is 19.8 Å². The first kappa shape index (κ1) is 33.3. The lowest BCUT2D eigenvalue weighted by Gasteiger charge is -2.22. The van der Waals surface area contributed by atoms with E-state index in [9.17, 15) is 5.26 Å². The van der Waals surface area contributed by atoms with Crippen LogP contribution in [-0.2, 0) is 5.41 Å². The second kappa shape index (κ2) is 13.5. The van der Waals surface area contributed by atoms with Gasteiger partial charge < -0.3 is 0 Å². The minimum Gasteiger partial charge on any atom is -0.264 e. The molecule has 6 heteroatoms. The zero-order valence-corrected chi connectivity index (χ0v) is 30.2. The van der Waals surface area contributed by atoms with Crippen molar-refractivity contribution in [1.82, 2.24) is 19.9 Å². The zero-order valence-electron chi connectivity index (χ0n) is 30.2. The minimum atomic E-state index is -0.416. The average Bonchev–Trinajstić information content (AvgIpc) is 3.49. The summed E-state index contributed by atoms with van der Waals surface area (Å²) in [5.41, 5.74) is 13.5. The summed E-state index contributed by atoms with van der Waals surface area (Å²) in [4.78, 5) is 23.5. The summed E-state index contributed by atoms with van der Waals surface area (Å²) in [5.74, 6) is 1.73. The van der Waals surface area contributed by atoms with Crippen LogP contribution in [0.1, 0.15) is 30.5 Å². The van der Waals surface area contributed by atoms with Crippen molar-refractivity contribution in [1.29, 1.82) is 5.26 Å². The number of fused-ring (bicyclic) bond motifs is 3. The maximum absolute atomic E-state index is 9.75. The largest absolute Gasteiger partial charge is 0.264 e. The van der Waals surface area contributed by atoms with Crippen molar-refractivity contribution >= 4 is 5.69 Å². The van der Waals surface area contributed by atoms with Gasteiger partial charge in [0, 0.05) is 45.6 Å². The number of nitrogens with zero attached hydrogens (tertiary/aromatic N) is 6. The van der Waals surface area contributed by atoms with Crippen LogP contribution in [0, 0.1) is 17.9 Å². The van der Waals surface area contributed by atoms with E-state index in [-0.39, 0.29) is 0 Å². The molecule has 0 unspecified atom stereocenters. The van der Waals surface area contributed by atoms with Gasteiger partial charge in [-0.3, -0.25) is 4.98 Å². The Kier molecular flexibility index (Phi) is 8.15. The summed E-state index contributed by atoms with van der Waals surface area (Å²) in [6.45, 7) is 12.3. The molecule has 9 rings (SSSR count). The molecule has 1 aliphatic carbocycles. The predicted molar refractivity (Wildman–Crippen MR) is 219 cm³/mol. The van der Waals surface area contributed by atoms with E-state index >= 15 is 0 Å². The molecule has 0 fully saturated rings. The van der Waals surface area contributed by atoms with Crippen molar-refractivity contribution < 1.29 is 0 Å². The Bertz CT molecular complexity index is 2830. The molecule has 0 spiro atoms. The van der Waals surface area contributed by atoms with E-state index in [2.05, 4.69) is 109 Å². The standard InChI is InChI=1S/C49H32N6/c1-49(2)42-28-36(20-21-41(42)45-43(49)23-31(29-50)24-44(45)51-3)38-25-39(37-15-10-22-52-30-37)27-40(26-38)48-54-46(34-13-8-5-9-14-34)53-47(55-48)35-18-16-33(17-19-35)32-11-6-4-7-12-32/h4-28,30H,1-2H3. The molecule has 2 heterocycles. The Morgan fingerprint density at radius 2 is 1.07 bits per heavy atom. The van der Waals surface area contributed by atoms with E-state index in [1.54, 1.807) is 12.3 Å². The number of nitriles is 1. The fourth-order valence-corrected chi connectivity index (χ4v) is 7.58. The third-order valence-electron chi connectivity index (χ3n) is 10.4. The molecule has 0 saturated heterocycles. The predicted octanol–water partition coefficient (Wildman–Crippen LogP) is 12.0.